The highest BCUT2D eigenvalue weighted by molar-refractivity contribution is 6.04. The van der Waals surface area contributed by atoms with Gasteiger partial charge in [0.05, 0.1) is 12.5 Å². The molecular weight excluding hydrogens is 542 g/mol. The van der Waals surface area contributed by atoms with Gasteiger partial charge in [-0.2, -0.15) is 0 Å². The van der Waals surface area contributed by atoms with Gasteiger partial charge in [-0.3, -0.25) is 4.79 Å². The van der Waals surface area contributed by atoms with E-state index in [2.05, 4.69) is 26.8 Å². The van der Waals surface area contributed by atoms with Gasteiger partial charge in [0.15, 0.2) is 0 Å². The fraction of sp³-hybridized carbons (Fsp3) is 0.333. The standard InChI is InChI=1S/C33H35N7O3/c1-20-8-6-9-28(37-20)43-21-11-12-23(27(16-21)42-5)30-26(39(4)33-31(30)32(34)35-19-36-33)14-13-22-24-17-40(18-25(22)24)29(41)10-7-15-38(2)3/h6-12,16,19,22,24-25H,15,17-18H2,1-5H3,(H2,34,35,36)/b10-7+/t22-,24-,25+. The molecule has 0 unspecified atom stereocenters. The number of likely N-dealkylation sites (tertiary alicyclic amines) is 1. The molecule has 43 heavy (non-hydrogen) atoms. The molecule has 1 aliphatic heterocycles. The topological polar surface area (TPSA) is 112 Å². The minimum atomic E-state index is 0.0727. The molecule has 1 aromatic carbocycles. The number of amides is 1. The molecule has 4 heterocycles. The molecule has 6 rings (SSSR count). The van der Waals surface area contributed by atoms with E-state index >= 15 is 0 Å². The van der Waals surface area contributed by atoms with Crippen LogP contribution in [0.2, 0.25) is 0 Å². The van der Waals surface area contributed by atoms with Gasteiger partial charge >= 0.3 is 0 Å². The van der Waals surface area contributed by atoms with E-state index in [1.165, 1.54) is 6.33 Å². The SMILES string of the molecule is COc1cc(Oc2cccc(C)n2)ccc1-c1c(C#C[C@@H]2[C@H]3CN(C(=O)/C=C/CN(C)C)C[C@@H]23)n(C)c2ncnc(N)c12. The van der Waals surface area contributed by atoms with Crippen LogP contribution in [0.15, 0.2) is 54.9 Å². The molecule has 0 radical (unpaired) electrons. The van der Waals surface area contributed by atoms with Crippen LogP contribution in [-0.2, 0) is 11.8 Å². The maximum atomic E-state index is 12.6. The molecule has 1 amide bonds. The number of rotatable bonds is 7. The van der Waals surface area contributed by atoms with Gasteiger partial charge in [-0.1, -0.05) is 18.1 Å². The van der Waals surface area contributed by atoms with Gasteiger partial charge in [0.25, 0.3) is 0 Å². The predicted molar refractivity (Wildman–Crippen MR) is 166 cm³/mol. The van der Waals surface area contributed by atoms with Crippen LogP contribution >= 0.6 is 0 Å². The van der Waals surface area contributed by atoms with Crippen LogP contribution in [0.25, 0.3) is 22.2 Å². The molecule has 0 spiro atoms. The lowest BCUT2D eigenvalue weighted by Gasteiger charge is -2.17. The van der Waals surface area contributed by atoms with Crippen molar-refractivity contribution in [2.75, 3.05) is 46.6 Å². The van der Waals surface area contributed by atoms with Gasteiger partial charge in [0.2, 0.25) is 11.8 Å². The molecule has 0 bridgehead atoms. The zero-order chi connectivity index (χ0) is 30.2. The third kappa shape index (κ3) is 5.51. The first-order valence-electron chi connectivity index (χ1n) is 14.3. The number of carbonyl (C=O) groups is 1. The number of ether oxygens (including phenoxy) is 2. The quantitative estimate of drug-likeness (QED) is 0.260. The predicted octanol–water partition coefficient (Wildman–Crippen LogP) is 3.90. The molecule has 2 fully saturated rings. The summed E-state index contributed by atoms with van der Waals surface area (Å²) in [5.74, 6) is 10.1. The zero-order valence-electron chi connectivity index (χ0n) is 25.0. The van der Waals surface area contributed by atoms with Crippen molar-refractivity contribution in [3.8, 4) is 40.3 Å². The summed E-state index contributed by atoms with van der Waals surface area (Å²) in [5.41, 5.74) is 10.4. The van der Waals surface area contributed by atoms with Gasteiger partial charge < -0.3 is 29.6 Å². The van der Waals surface area contributed by atoms with Crippen LogP contribution in [0, 0.1) is 36.5 Å². The number of hydrogen-bond donors (Lipinski definition) is 1. The Balaban J connectivity index is 1.30. The third-order valence-corrected chi connectivity index (χ3v) is 8.12. The number of likely N-dealkylation sites (N-methyl/N-ethyl adjacent to an activating group) is 1. The van der Waals surface area contributed by atoms with E-state index in [1.54, 1.807) is 13.2 Å². The van der Waals surface area contributed by atoms with Gasteiger partial charge in [-0.15, -0.1) is 0 Å². The monoisotopic (exact) mass is 577 g/mol. The number of aryl methyl sites for hydroxylation is 2. The lowest BCUT2D eigenvalue weighted by molar-refractivity contribution is -0.125. The van der Waals surface area contributed by atoms with Crippen LogP contribution in [0.3, 0.4) is 0 Å². The molecule has 4 aromatic rings. The number of nitrogens with two attached hydrogens (primary N) is 1. The molecular formula is C33H35N7O3. The summed E-state index contributed by atoms with van der Waals surface area (Å²) in [6, 6.07) is 11.3. The second kappa shape index (κ2) is 11.4. The fourth-order valence-electron chi connectivity index (χ4n) is 5.86. The molecule has 1 saturated carbocycles. The first-order valence-corrected chi connectivity index (χ1v) is 14.3. The van der Waals surface area contributed by atoms with E-state index in [4.69, 9.17) is 15.2 Å². The summed E-state index contributed by atoms with van der Waals surface area (Å²) in [6.07, 6.45) is 5.05. The minimum absolute atomic E-state index is 0.0727. The van der Waals surface area contributed by atoms with E-state index in [1.807, 2.05) is 84.9 Å². The highest BCUT2D eigenvalue weighted by Gasteiger charge is 2.55. The molecule has 1 saturated heterocycles. The van der Waals surface area contributed by atoms with Crippen molar-refractivity contribution >= 4 is 22.8 Å². The van der Waals surface area contributed by atoms with E-state index in [9.17, 15) is 4.79 Å². The van der Waals surface area contributed by atoms with Crippen molar-refractivity contribution in [3.05, 3.63) is 66.3 Å². The molecule has 3 aromatic heterocycles. The Kier molecular flexibility index (Phi) is 7.50. The van der Waals surface area contributed by atoms with E-state index in [0.717, 1.165) is 47.5 Å². The van der Waals surface area contributed by atoms with Crippen LogP contribution in [-0.4, -0.2) is 76.1 Å². The number of methoxy groups -OCH3 is 1. The summed E-state index contributed by atoms with van der Waals surface area (Å²) in [6.45, 7) is 4.13. The number of benzene rings is 1. The van der Waals surface area contributed by atoms with Gasteiger partial charge in [0.1, 0.15) is 35.0 Å². The molecule has 10 heteroatoms. The van der Waals surface area contributed by atoms with Crippen molar-refractivity contribution in [2.45, 2.75) is 6.92 Å². The third-order valence-electron chi connectivity index (χ3n) is 8.12. The highest BCUT2D eigenvalue weighted by atomic mass is 16.5. The first-order chi connectivity index (χ1) is 20.7. The van der Waals surface area contributed by atoms with E-state index in [-0.39, 0.29) is 11.8 Å². The van der Waals surface area contributed by atoms with Crippen LogP contribution in [0.4, 0.5) is 5.82 Å². The Morgan fingerprint density at radius 2 is 1.98 bits per heavy atom. The van der Waals surface area contributed by atoms with Crippen LogP contribution < -0.4 is 15.2 Å². The summed E-state index contributed by atoms with van der Waals surface area (Å²) >= 11 is 0. The number of nitrogen functional groups attached to an aromatic ring is 1. The Labute approximate surface area is 251 Å². The van der Waals surface area contributed by atoms with Gasteiger partial charge in [0, 0.05) is 67.6 Å². The molecule has 220 valence electrons. The number of piperidine rings is 1. The largest absolute Gasteiger partial charge is 0.496 e. The maximum absolute atomic E-state index is 12.6. The summed E-state index contributed by atoms with van der Waals surface area (Å²) in [4.78, 5) is 29.8. The van der Waals surface area contributed by atoms with Crippen molar-refractivity contribution in [1.29, 1.82) is 0 Å². The summed E-state index contributed by atoms with van der Waals surface area (Å²) < 4.78 is 13.8. The van der Waals surface area contributed by atoms with Crippen molar-refractivity contribution in [1.82, 2.24) is 29.3 Å². The highest BCUT2D eigenvalue weighted by Crippen LogP contribution is 2.51. The Morgan fingerprint density at radius 3 is 2.70 bits per heavy atom. The number of nitrogens with zero attached hydrogens (tertiary/aromatic N) is 6. The average molecular weight is 578 g/mol. The Hall–Kier alpha value is -4.88. The number of aromatic nitrogens is 4. The van der Waals surface area contributed by atoms with Crippen molar-refractivity contribution in [2.24, 2.45) is 24.8 Å². The van der Waals surface area contributed by atoms with Crippen molar-refractivity contribution < 1.29 is 14.3 Å². The lowest BCUT2D eigenvalue weighted by Crippen LogP contribution is -2.30. The van der Waals surface area contributed by atoms with Crippen LogP contribution in [0.1, 0.15) is 11.4 Å². The molecule has 1 aliphatic carbocycles. The summed E-state index contributed by atoms with van der Waals surface area (Å²) in [7, 11) is 7.52. The lowest BCUT2D eigenvalue weighted by atomic mass is 10.0. The molecule has 2 N–H and O–H groups in total. The van der Waals surface area contributed by atoms with Gasteiger partial charge in [-0.05, 0) is 57.0 Å². The fourth-order valence-corrected chi connectivity index (χ4v) is 5.86. The zero-order valence-corrected chi connectivity index (χ0v) is 25.0. The Morgan fingerprint density at radius 1 is 1.19 bits per heavy atom. The van der Waals surface area contributed by atoms with E-state index < -0.39 is 0 Å². The smallest absolute Gasteiger partial charge is 0.246 e. The second-order valence-corrected chi connectivity index (χ2v) is 11.4. The number of carbonyl (C=O) groups excluding carboxylic acids is 1. The number of fused-ring (bicyclic) bond motifs is 2. The molecule has 10 nitrogen and oxygen atoms in total. The van der Waals surface area contributed by atoms with Crippen LogP contribution in [0.5, 0.6) is 17.4 Å². The first kappa shape index (κ1) is 28.2. The normalized spacial score (nSPS) is 19.0. The summed E-state index contributed by atoms with van der Waals surface area (Å²) in [5, 5.41) is 0.721. The number of hydrogen-bond acceptors (Lipinski definition) is 8. The molecule has 2 aliphatic rings. The maximum Gasteiger partial charge on any atom is 0.246 e. The number of pyridine rings is 1. The second-order valence-electron chi connectivity index (χ2n) is 11.4. The average Bonchev–Trinajstić information content (AvgIpc) is 3.28. The van der Waals surface area contributed by atoms with Crippen molar-refractivity contribution in [3.63, 3.8) is 0 Å². The Bertz CT molecular complexity index is 1790. The van der Waals surface area contributed by atoms with E-state index in [0.29, 0.717) is 40.7 Å². The minimum Gasteiger partial charge on any atom is -0.496 e. The molecule has 3 atom stereocenters. The van der Waals surface area contributed by atoms with Gasteiger partial charge in [-0.25, -0.2) is 15.0 Å². The number of anilines is 1.